The molecule has 0 saturated heterocycles. The number of benzene rings is 1. The molecule has 1 aromatic rings. The van der Waals surface area contributed by atoms with Crippen molar-refractivity contribution in [2.45, 2.75) is 0 Å². The van der Waals surface area contributed by atoms with Crippen LogP contribution in [-0.2, 0) is 4.84 Å². The fourth-order valence-corrected chi connectivity index (χ4v) is 0.812. The van der Waals surface area contributed by atoms with Gasteiger partial charge in [0.25, 0.3) is 0 Å². The summed E-state index contributed by atoms with van der Waals surface area (Å²) in [4.78, 5) is 15.7. The van der Waals surface area contributed by atoms with Crippen LogP contribution in [0, 0.1) is 0 Å². The summed E-state index contributed by atoms with van der Waals surface area (Å²) >= 11 is 0. The molecule has 1 rings (SSSR count). The predicted molar refractivity (Wildman–Crippen MR) is 46.3 cm³/mol. The Morgan fingerprint density at radius 3 is 2.67 bits per heavy atom. The smallest absolute Gasteiger partial charge is 0.203 e. The topological polar surface area (TPSA) is 38.7 Å². The molecule has 0 aromatic heterocycles. The Bertz CT molecular complexity index is 269. The van der Waals surface area contributed by atoms with Gasteiger partial charge in [-0.1, -0.05) is 30.3 Å². The van der Waals surface area contributed by atoms with E-state index in [0.29, 0.717) is 5.56 Å². The number of oxime groups is 1. The molecule has 3 heteroatoms. The highest BCUT2D eigenvalue weighted by Gasteiger charge is 2.03. The van der Waals surface area contributed by atoms with Crippen molar-refractivity contribution >= 4 is 12.5 Å². The zero-order chi connectivity index (χ0) is 8.81. The predicted octanol–water partition coefficient (Wildman–Crippen LogP) is 1.50. The normalized spacial score (nSPS) is 9.00. The van der Waals surface area contributed by atoms with Gasteiger partial charge in [0, 0.05) is 12.3 Å². The monoisotopic (exact) mass is 163 g/mol. The largest absolute Gasteiger partial charge is 0.388 e. The SMILES string of the molecule is C=NOCC(=O)c1ccccc1. The molecule has 1 aromatic carbocycles. The minimum Gasteiger partial charge on any atom is -0.388 e. The lowest BCUT2D eigenvalue weighted by Gasteiger charge is -1.97. The highest BCUT2D eigenvalue weighted by atomic mass is 16.6. The number of rotatable bonds is 4. The van der Waals surface area contributed by atoms with Crippen molar-refractivity contribution in [1.29, 1.82) is 0 Å². The first kappa shape index (κ1) is 8.46. The van der Waals surface area contributed by atoms with E-state index in [1.165, 1.54) is 0 Å². The van der Waals surface area contributed by atoms with Gasteiger partial charge in [0.1, 0.15) is 0 Å². The summed E-state index contributed by atoms with van der Waals surface area (Å²) in [5.74, 6) is -0.0944. The first-order valence-electron chi connectivity index (χ1n) is 3.51. The summed E-state index contributed by atoms with van der Waals surface area (Å²) < 4.78 is 0. The fraction of sp³-hybridized carbons (Fsp3) is 0.111. The van der Waals surface area contributed by atoms with Gasteiger partial charge in [0.05, 0.1) is 0 Å². The number of hydrogen-bond donors (Lipinski definition) is 0. The van der Waals surface area contributed by atoms with Crippen molar-refractivity contribution in [3.8, 4) is 0 Å². The Balaban J connectivity index is 2.59. The van der Waals surface area contributed by atoms with E-state index in [2.05, 4.69) is 16.7 Å². The van der Waals surface area contributed by atoms with Gasteiger partial charge in [0.15, 0.2) is 6.61 Å². The number of carbonyl (C=O) groups is 1. The van der Waals surface area contributed by atoms with Crippen LogP contribution in [0.5, 0.6) is 0 Å². The van der Waals surface area contributed by atoms with Crippen molar-refractivity contribution in [2.24, 2.45) is 5.16 Å². The zero-order valence-corrected chi connectivity index (χ0v) is 6.56. The molecule has 62 valence electrons. The van der Waals surface area contributed by atoms with Gasteiger partial charge in [-0.05, 0) is 0 Å². The van der Waals surface area contributed by atoms with Crippen molar-refractivity contribution < 1.29 is 9.63 Å². The minimum atomic E-state index is -0.0944. The van der Waals surface area contributed by atoms with Crippen molar-refractivity contribution in [2.75, 3.05) is 6.61 Å². The second-order valence-corrected chi connectivity index (χ2v) is 2.19. The maximum Gasteiger partial charge on any atom is 0.203 e. The van der Waals surface area contributed by atoms with Crippen molar-refractivity contribution in [3.63, 3.8) is 0 Å². The molecule has 0 saturated carbocycles. The van der Waals surface area contributed by atoms with Gasteiger partial charge in [0.2, 0.25) is 5.78 Å². The van der Waals surface area contributed by atoms with E-state index in [0.717, 1.165) is 0 Å². The summed E-state index contributed by atoms with van der Waals surface area (Å²) in [6.45, 7) is 3.05. The fourth-order valence-electron chi connectivity index (χ4n) is 0.812. The molecule has 12 heavy (non-hydrogen) atoms. The number of Topliss-reactive ketones (excluding diaryl/α,β-unsaturated/α-hetero) is 1. The Hall–Kier alpha value is -1.64. The molecule has 0 aliphatic rings. The van der Waals surface area contributed by atoms with Crippen LogP contribution in [0.15, 0.2) is 35.5 Å². The molecular weight excluding hydrogens is 154 g/mol. The van der Waals surface area contributed by atoms with E-state index in [9.17, 15) is 4.79 Å². The summed E-state index contributed by atoms with van der Waals surface area (Å²) in [5.41, 5.74) is 0.626. The van der Waals surface area contributed by atoms with Gasteiger partial charge >= 0.3 is 0 Å². The van der Waals surface area contributed by atoms with Crippen LogP contribution in [0.3, 0.4) is 0 Å². The minimum absolute atomic E-state index is 0.0481. The van der Waals surface area contributed by atoms with Gasteiger partial charge in [-0.2, -0.15) is 0 Å². The third kappa shape index (κ3) is 2.20. The van der Waals surface area contributed by atoms with Crippen LogP contribution in [0.4, 0.5) is 0 Å². The Kier molecular flexibility index (Phi) is 3.02. The second-order valence-electron chi connectivity index (χ2n) is 2.19. The standard InChI is InChI=1S/C9H9NO2/c1-10-12-7-9(11)8-5-3-2-4-6-8/h2-6H,1,7H2. The highest BCUT2D eigenvalue weighted by molar-refractivity contribution is 5.96. The first-order valence-corrected chi connectivity index (χ1v) is 3.51. The van der Waals surface area contributed by atoms with Gasteiger partial charge in [-0.15, -0.1) is 5.16 Å². The van der Waals surface area contributed by atoms with Crippen molar-refractivity contribution in [1.82, 2.24) is 0 Å². The van der Waals surface area contributed by atoms with Crippen molar-refractivity contribution in [3.05, 3.63) is 35.9 Å². The molecule has 0 atom stereocenters. The second kappa shape index (κ2) is 4.28. The molecule has 0 aliphatic carbocycles. The van der Waals surface area contributed by atoms with Crippen LogP contribution >= 0.6 is 0 Å². The highest BCUT2D eigenvalue weighted by Crippen LogP contribution is 1.99. The van der Waals surface area contributed by atoms with Gasteiger partial charge < -0.3 is 4.84 Å². The van der Waals surface area contributed by atoms with E-state index in [1.807, 2.05) is 6.07 Å². The maximum absolute atomic E-state index is 11.2. The number of hydrogen-bond acceptors (Lipinski definition) is 3. The quantitative estimate of drug-likeness (QED) is 0.383. The molecule has 0 heterocycles. The van der Waals surface area contributed by atoms with Crippen LogP contribution < -0.4 is 0 Å². The summed E-state index contributed by atoms with van der Waals surface area (Å²) in [5, 5.41) is 3.13. The Labute approximate surface area is 70.7 Å². The molecule has 0 N–H and O–H groups in total. The first-order chi connectivity index (χ1) is 5.84. The number of carbonyl (C=O) groups excluding carboxylic acids is 1. The Morgan fingerprint density at radius 1 is 1.42 bits per heavy atom. The van der Waals surface area contributed by atoms with E-state index < -0.39 is 0 Å². The molecule has 0 unspecified atom stereocenters. The third-order valence-electron chi connectivity index (χ3n) is 1.38. The van der Waals surface area contributed by atoms with E-state index in [1.54, 1.807) is 24.3 Å². The Morgan fingerprint density at radius 2 is 2.08 bits per heavy atom. The van der Waals surface area contributed by atoms with E-state index in [-0.39, 0.29) is 12.4 Å². The summed E-state index contributed by atoms with van der Waals surface area (Å²) in [6.07, 6.45) is 0. The lowest BCUT2D eigenvalue weighted by atomic mass is 10.1. The van der Waals surface area contributed by atoms with E-state index in [4.69, 9.17) is 0 Å². The average molecular weight is 163 g/mol. The van der Waals surface area contributed by atoms with E-state index >= 15 is 0 Å². The van der Waals surface area contributed by atoms with Crippen LogP contribution in [0.25, 0.3) is 0 Å². The average Bonchev–Trinajstić information content (AvgIpc) is 2.15. The van der Waals surface area contributed by atoms with Gasteiger partial charge in [-0.3, -0.25) is 4.79 Å². The van der Waals surface area contributed by atoms with Crippen LogP contribution in [-0.4, -0.2) is 19.1 Å². The molecule has 0 radical (unpaired) electrons. The molecular formula is C9H9NO2. The molecule has 0 amide bonds. The van der Waals surface area contributed by atoms with Crippen LogP contribution in [0.2, 0.25) is 0 Å². The molecule has 0 fully saturated rings. The molecule has 0 aliphatic heterocycles. The third-order valence-corrected chi connectivity index (χ3v) is 1.38. The maximum atomic E-state index is 11.2. The number of ketones is 1. The van der Waals surface area contributed by atoms with Crippen LogP contribution in [0.1, 0.15) is 10.4 Å². The molecule has 0 spiro atoms. The van der Waals surface area contributed by atoms with Gasteiger partial charge in [-0.25, -0.2) is 0 Å². The number of nitrogens with zero attached hydrogens (tertiary/aromatic N) is 1. The zero-order valence-electron chi connectivity index (χ0n) is 6.56. The lowest BCUT2D eigenvalue weighted by Crippen LogP contribution is -2.05. The lowest BCUT2D eigenvalue weighted by molar-refractivity contribution is 0.0780. The molecule has 3 nitrogen and oxygen atoms in total. The summed E-state index contributed by atoms with van der Waals surface area (Å²) in [6, 6.07) is 8.91. The molecule has 0 bridgehead atoms. The summed E-state index contributed by atoms with van der Waals surface area (Å²) in [7, 11) is 0.